The van der Waals surface area contributed by atoms with E-state index in [4.69, 9.17) is 4.74 Å². The first-order valence-corrected chi connectivity index (χ1v) is 19.9. The number of amides is 6. The highest BCUT2D eigenvalue weighted by molar-refractivity contribution is 5.90. The van der Waals surface area contributed by atoms with Gasteiger partial charge in [-0.05, 0) is 47.1 Å². The largest absolute Gasteiger partial charge is 0.452 e. The summed E-state index contributed by atoms with van der Waals surface area (Å²) in [5.74, 6) is -0.976. The van der Waals surface area contributed by atoms with Gasteiger partial charge in [0.1, 0.15) is 0 Å². The monoisotopic (exact) mass is 779 g/mol. The molecule has 1 aliphatic heterocycles. The summed E-state index contributed by atoms with van der Waals surface area (Å²) in [6.45, 7) is 8.81. The van der Waals surface area contributed by atoms with E-state index in [0.29, 0.717) is 25.9 Å². The van der Waals surface area contributed by atoms with Crippen molar-refractivity contribution in [1.82, 2.24) is 35.9 Å². The van der Waals surface area contributed by atoms with E-state index in [1.807, 2.05) is 119 Å². The lowest BCUT2D eigenvalue weighted by molar-refractivity contribution is -0.130. The molecule has 57 heavy (non-hydrogen) atoms. The van der Waals surface area contributed by atoms with Crippen molar-refractivity contribution in [3.8, 4) is 0 Å². The number of nitrogens with zero attached hydrogens (tertiary/aromatic N) is 4. The SMILES string of the molecule is CCC(C)CN(C(=O)NN(Cc1ccccc1)CC(O)C(Cc1ccccc1)NC(=O)C(C(C)CC)C1CNC(=O)N1Cc1ccnc2ccccc12)C(=O)OC. The number of hydrogen-bond acceptors (Lipinski definition) is 8. The number of benzene rings is 3. The van der Waals surface area contributed by atoms with E-state index in [2.05, 4.69) is 21.0 Å². The van der Waals surface area contributed by atoms with Crippen molar-refractivity contribution in [2.45, 2.75) is 78.2 Å². The van der Waals surface area contributed by atoms with E-state index in [-0.39, 0.29) is 43.4 Å². The van der Waals surface area contributed by atoms with E-state index >= 15 is 0 Å². The Hall–Kier alpha value is -5.53. The van der Waals surface area contributed by atoms with Crippen molar-refractivity contribution in [3.63, 3.8) is 0 Å². The molecule has 4 aromatic rings. The summed E-state index contributed by atoms with van der Waals surface area (Å²) in [6.07, 6.45) is 1.49. The summed E-state index contributed by atoms with van der Waals surface area (Å²) in [5, 5.41) is 20.8. The molecular weight excluding hydrogens is 723 g/mol. The summed E-state index contributed by atoms with van der Waals surface area (Å²) < 4.78 is 4.95. The smallest absolute Gasteiger partial charge is 0.417 e. The number of carbonyl (C=O) groups excluding carboxylic acids is 4. The van der Waals surface area contributed by atoms with Crippen molar-refractivity contribution >= 4 is 35.0 Å². The number of pyridine rings is 1. The zero-order valence-corrected chi connectivity index (χ0v) is 33.6. The molecule has 6 amide bonds. The van der Waals surface area contributed by atoms with Crippen molar-refractivity contribution in [2.24, 2.45) is 17.8 Å². The highest BCUT2D eigenvalue weighted by Crippen LogP contribution is 2.29. The van der Waals surface area contributed by atoms with Crippen LogP contribution in [0.3, 0.4) is 0 Å². The summed E-state index contributed by atoms with van der Waals surface area (Å²) in [7, 11) is 1.23. The standard InChI is InChI=1S/C44H57N7O6/c1-6-30(3)26-51(44(56)57-5)43(55)48-49(27-33-18-12-9-13-19-33)29-39(52)37(24-32-16-10-8-11-17-32)47-41(53)40(31(4)7-2)38-25-46-42(54)50(38)28-34-22-23-45-36-21-15-14-20-35(34)36/h8-23,30-31,37-40,52H,6-7,24-29H2,1-5H3,(H,46,54)(H,47,53)(H,48,55). The average molecular weight is 780 g/mol. The van der Waals surface area contributed by atoms with Gasteiger partial charge in [0.25, 0.3) is 0 Å². The van der Waals surface area contributed by atoms with Crippen molar-refractivity contribution in [1.29, 1.82) is 0 Å². The predicted octanol–water partition coefficient (Wildman–Crippen LogP) is 6.12. The molecule has 0 bridgehead atoms. The Morgan fingerprint density at radius 2 is 1.60 bits per heavy atom. The third kappa shape index (κ3) is 11.3. The summed E-state index contributed by atoms with van der Waals surface area (Å²) >= 11 is 0. The lowest BCUT2D eigenvalue weighted by Crippen LogP contribution is -2.57. The van der Waals surface area contributed by atoms with Gasteiger partial charge in [0.15, 0.2) is 0 Å². The minimum absolute atomic E-state index is 0.0252. The number of aromatic nitrogens is 1. The number of fused-ring (bicyclic) bond motifs is 1. The van der Waals surface area contributed by atoms with Crippen LogP contribution in [0.5, 0.6) is 0 Å². The molecule has 5 rings (SSSR count). The van der Waals surface area contributed by atoms with Crippen LogP contribution < -0.4 is 16.1 Å². The molecule has 0 aliphatic carbocycles. The molecule has 1 aliphatic rings. The van der Waals surface area contributed by atoms with Crippen LogP contribution in [0.25, 0.3) is 10.9 Å². The molecule has 1 fully saturated rings. The third-order valence-electron chi connectivity index (χ3n) is 11.0. The van der Waals surface area contributed by atoms with E-state index in [0.717, 1.165) is 38.9 Å². The van der Waals surface area contributed by atoms with E-state index in [1.54, 1.807) is 16.1 Å². The number of nitrogens with one attached hydrogen (secondary N) is 3. The number of para-hydroxylation sites is 1. The molecule has 6 unspecified atom stereocenters. The van der Waals surface area contributed by atoms with Crippen LogP contribution in [0.1, 0.15) is 57.2 Å². The van der Waals surface area contributed by atoms with Gasteiger partial charge in [-0.1, -0.05) is 119 Å². The molecule has 0 radical (unpaired) electrons. The van der Waals surface area contributed by atoms with E-state index in [1.165, 1.54) is 7.11 Å². The lowest BCUT2D eigenvalue weighted by Gasteiger charge is -2.36. The first-order valence-electron chi connectivity index (χ1n) is 19.9. The van der Waals surface area contributed by atoms with Crippen molar-refractivity contribution in [2.75, 3.05) is 26.7 Å². The van der Waals surface area contributed by atoms with Gasteiger partial charge < -0.3 is 25.4 Å². The molecule has 6 atom stereocenters. The maximum Gasteiger partial charge on any atom is 0.417 e. The normalized spacial score (nSPS) is 16.6. The van der Waals surface area contributed by atoms with Gasteiger partial charge in [0, 0.05) is 44.3 Å². The zero-order chi connectivity index (χ0) is 40.9. The molecule has 1 saturated heterocycles. The minimum Gasteiger partial charge on any atom is -0.452 e. The molecular formula is C44H57N7O6. The van der Waals surface area contributed by atoms with Crippen LogP contribution in [0.4, 0.5) is 14.4 Å². The maximum atomic E-state index is 14.7. The third-order valence-corrected chi connectivity index (χ3v) is 11.0. The fourth-order valence-corrected chi connectivity index (χ4v) is 7.33. The van der Waals surface area contributed by atoms with Gasteiger partial charge in [-0.3, -0.25) is 15.2 Å². The number of hydrazine groups is 1. The Bertz CT molecular complexity index is 1930. The molecule has 4 N–H and O–H groups in total. The van der Waals surface area contributed by atoms with Gasteiger partial charge >= 0.3 is 18.2 Å². The number of hydrogen-bond donors (Lipinski definition) is 4. The summed E-state index contributed by atoms with van der Waals surface area (Å²) in [6, 6.07) is 26.5. The number of imide groups is 1. The fraction of sp³-hybridized carbons (Fsp3) is 0.432. The Labute approximate surface area is 335 Å². The van der Waals surface area contributed by atoms with Crippen molar-refractivity contribution in [3.05, 3.63) is 114 Å². The zero-order valence-electron chi connectivity index (χ0n) is 33.6. The van der Waals surface area contributed by atoms with E-state index < -0.39 is 36.2 Å². The molecule has 1 aromatic heterocycles. The van der Waals surface area contributed by atoms with Crippen LogP contribution in [-0.2, 0) is 29.0 Å². The molecule has 0 spiro atoms. The molecule has 13 heteroatoms. The van der Waals surface area contributed by atoms with Crippen LogP contribution in [-0.4, -0.2) is 93.9 Å². The number of urea groups is 2. The van der Waals surface area contributed by atoms with Crippen LogP contribution >= 0.6 is 0 Å². The summed E-state index contributed by atoms with van der Waals surface area (Å²) in [5.41, 5.74) is 6.36. The molecule has 2 heterocycles. The second kappa shape index (κ2) is 20.6. The number of aliphatic hydroxyl groups excluding tert-OH is 1. The van der Waals surface area contributed by atoms with Gasteiger partial charge in [-0.25, -0.2) is 24.3 Å². The number of ether oxygens (including phenoxy) is 1. The van der Waals surface area contributed by atoms with Crippen LogP contribution in [0, 0.1) is 17.8 Å². The molecule has 304 valence electrons. The van der Waals surface area contributed by atoms with Gasteiger partial charge in [-0.15, -0.1) is 0 Å². The van der Waals surface area contributed by atoms with Crippen molar-refractivity contribution < 1.29 is 29.0 Å². The second-order valence-electron chi connectivity index (χ2n) is 15.0. The number of aliphatic hydroxyl groups is 1. The Balaban J connectivity index is 1.42. The van der Waals surface area contributed by atoms with Gasteiger partial charge in [-0.2, -0.15) is 0 Å². The molecule has 0 saturated carbocycles. The second-order valence-corrected chi connectivity index (χ2v) is 15.0. The minimum atomic E-state index is -1.18. The fourth-order valence-electron chi connectivity index (χ4n) is 7.33. The highest BCUT2D eigenvalue weighted by atomic mass is 16.5. The summed E-state index contributed by atoms with van der Waals surface area (Å²) in [4.78, 5) is 61.8. The average Bonchev–Trinajstić information content (AvgIpc) is 3.58. The Morgan fingerprint density at radius 3 is 2.26 bits per heavy atom. The molecule has 3 aromatic carbocycles. The first kappa shape index (κ1) is 42.6. The lowest BCUT2D eigenvalue weighted by atomic mass is 9.83. The van der Waals surface area contributed by atoms with E-state index in [9.17, 15) is 24.3 Å². The van der Waals surface area contributed by atoms with Crippen LogP contribution in [0.15, 0.2) is 97.2 Å². The Morgan fingerprint density at radius 1 is 0.930 bits per heavy atom. The number of rotatable bonds is 18. The topological polar surface area (TPSA) is 156 Å². The van der Waals surface area contributed by atoms with Crippen LogP contribution in [0.2, 0.25) is 0 Å². The predicted molar refractivity (Wildman–Crippen MR) is 219 cm³/mol. The number of methoxy groups -OCH3 is 1. The quantitative estimate of drug-likeness (QED) is 0.0881. The Kier molecular flexibility index (Phi) is 15.4. The first-order chi connectivity index (χ1) is 27.5. The van der Waals surface area contributed by atoms with Gasteiger partial charge in [0.05, 0.1) is 36.7 Å². The molecule has 13 nitrogen and oxygen atoms in total. The van der Waals surface area contributed by atoms with Gasteiger partial charge in [0.2, 0.25) is 5.91 Å². The highest BCUT2D eigenvalue weighted by Gasteiger charge is 2.43. The number of carbonyl (C=O) groups is 4. The maximum absolute atomic E-state index is 14.7.